The molecule has 0 saturated heterocycles. The molecule has 2 aromatic carbocycles. The lowest BCUT2D eigenvalue weighted by Crippen LogP contribution is -2.41. The van der Waals surface area contributed by atoms with Gasteiger partial charge in [-0.15, -0.1) is 0 Å². The Kier molecular flexibility index (Phi) is 3.80. The summed E-state index contributed by atoms with van der Waals surface area (Å²) in [6.45, 7) is 0.753. The molecule has 0 fully saturated rings. The Balaban J connectivity index is 1.77. The first-order chi connectivity index (χ1) is 12.1. The fraction of sp³-hybridized carbons (Fsp3) is 0.158. The molecule has 1 aromatic heterocycles. The van der Waals surface area contributed by atoms with Crippen LogP contribution in [0.4, 0.5) is 8.78 Å². The van der Waals surface area contributed by atoms with E-state index in [-0.39, 0.29) is 18.2 Å². The Hall–Kier alpha value is -3.02. The zero-order chi connectivity index (χ0) is 17.4. The van der Waals surface area contributed by atoms with E-state index < -0.39 is 17.5 Å². The van der Waals surface area contributed by atoms with Gasteiger partial charge in [-0.2, -0.15) is 0 Å². The van der Waals surface area contributed by atoms with Crippen LogP contribution >= 0.6 is 0 Å². The number of nitrogens with zero attached hydrogens (tertiary/aromatic N) is 3. The van der Waals surface area contributed by atoms with Crippen LogP contribution < -0.4 is 0 Å². The van der Waals surface area contributed by atoms with Crippen LogP contribution in [-0.2, 0) is 13.1 Å². The number of aromatic nitrogens is 2. The van der Waals surface area contributed by atoms with Gasteiger partial charge in [0, 0.05) is 18.9 Å². The third-order valence-electron chi connectivity index (χ3n) is 4.46. The van der Waals surface area contributed by atoms with E-state index in [2.05, 4.69) is 4.98 Å². The number of carbonyl (C=O) groups is 1. The van der Waals surface area contributed by atoms with Gasteiger partial charge in [0.05, 0.1) is 18.2 Å². The van der Waals surface area contributed by atoms with E-state index in [0.717, 1.165) is 29.6 Å². The van der Waals surface area contributed by atoms with Crippen LogP contribution in [0.2, 0.25) is 0 Å². The number of halogens is 2. The molecule has 25 heavy (non-hydrogen) atoms. The molecule has 0 spiro atoms. The molecule has 0 aliphatic carbocycles. The second kappa shape index (κ2) is 6.12. The maximum atomic E-state index is 14.1. The van der Waals surface area contributed by atoms with Crippen LogP contribution in [0, 0.1) is 11.6 Å². The highest BCUT2D eigenvalue weighted by molar-refractivity contribution is 5.94. The number of hydrogen-bond donors (Lipinski definition) is 0. The molecular formula is C19H15F2N3O. The van der Waals surface area contributed by atoms with Crippen LogP contribution in [0.25, 0.3) is 0 Å². The fourth-order valence-electron chi connectivity index (χ4n) is 3.20. The predicted octanol–water partition coefficient (Wildman–Crippen LogP) is 3.56. The first-order valence-electron chi connectivity index (χ1n) is 7.94. The van der Waals surface area contributed by atoms with Gasteiger partial charge in [-0.3, -0.25) is 4.79 Å². The van der Waals surface area contributed by atoms with Crippen LogP contribution in [-0.4, -0.2) is 20.4 Å². The number of amides is 1. The standard InChI is InChI=1S/C19H15F2N3O/c20-14-6-7-16(21)15(10-14)19(25)24-12-18-22-8-9-23(18)11-17(24)13-4-2-1-3-5-13/h1-10,17H,11-12H2/t17-/m0/s1. The van der Waals surface area contributed by atoms with Crippen LogP contribution in [0.3, 0.4) is 0 Å². The molecule has 4 nitrogen and oxygen atoms in total. The molecule has 3 aromatic rings. The van der Waals surface area contributed by atoms with Crippen molar-refractivity contribution in [1.29, 1.82) is 0 Å². The quantitative estimate of drug-likeness (QED) is 0.716. The van der Waals surface area contributed by atoms with Crippen molar-refractivity contribution in [3.8, 4) is 0 Å². The molecule has 6 heteroatoms. The van der Waals surface area contributed by atoms with Gasteiger partial charge in [0.25, 0.3) is 5.91 Å². The molecule has 2 heterocycles. The minimum absolute atomic E-state index is 0.237. The third-order valence-corrected chi connectivity index (χ3v) is 4.46. The second-order valence-electron chi connectivity index (χ2n) is 5.98. The zero-order valence-electron chi connectivity index (χ0n) is 13.3. The molecule has 1 amide bonds. The van der Waals surface area contributed by atoms with Crippen molar-refractivity contribution < 1.29 is 13.6 Å². The maximum absolute atomic E-state index is 14.1. The van der Waals surface area contributed by atoms with Gasteiger partial charge in [0.2, 0.25) is 0 Å². The van der Waals surface area contributed by atoms with E-state index in [9.17, 15) is 13.6 Å². The van der Waals surface area contributed by atoms with Crippen LogP contribution in [0.5, 0.6) is 0 Å². The minimum atomic E-state index is -0.730. The number of rotatable bonds is 2. The SMILES string of the molecule is O=C(c1cc(F)ccc1F)N1Cc2nccn2C[C@H]1c1ccccc1. The summed E-state index contributed by atoms with van der Waals surface area (Å²) in [5, 5.41) is 0. The summed E-state index contributed by atoms with van der Waals surface area (Å²) in [4.78, 5) is 18.8. The largest absolute Gasteiger partial charge is 0.331 e. The molecule has 126 valence electrons. The molecule has 1 aliphatic heterocycles. The highest BCUT2D eigenvalue weighted by Crippen LogP contribution is 2.31. The van der Waals surface area contributed by atoms with E-state index >= 15 is 0 Å². The summed E-state index contributed by atoms with van der Waals surface area (Å²) in [6, 6.07) is 12.2. The molecule has 0 saturated carbocycles. The highest BCUT2D eigenvalue weighted by atomic mass is 19.1. The van der Waals surface area contributed by atoms with Crippen molar-refractivity contribution in [3.63, 3.8) is 0 Å². The summed E-state index contributed by atoms with van der Waals surface area (Å²) in [5.74, 6) is -1.19. The molecule has 1 atom stereocenters. The molecule has 1 aliphatic rings. The Bertz CT molecular complexity index is 923. The van der Waals surface area contributed by atoms with Crippen molar-refractivity contribution in [2.75, 3.05) is 0 Å². The lowest BCUT2D eigenvalue weighted by molar-refractivity contribution is 0.0579. The number of carbonyl (C=O) groups excluding carboxylic acids is 1. The highest BCUT2D eigenvalue weighted by Gasteiger charge is 2.33. The van der Waals surface area contributed by atoms with E-state index in [0.29, 0.717) is 6.54 Å². The second-order valence-corrected chi connectivity index (χ2v) is 5.98. The zero-order valence-corrected chi connectivity index (χ0v) is 13.3. The Labute approximate surface area is 143 Å². The maximum Gasteiger partial charge on any atom is 0.257 e. The number of imidazole rings is 1. The molecular weight excluding hydrogens is 324 g/mol. The van der Waals surface area contributed by atoms with E-state index in [1.165, 1.54) is 0 Å². The Morgan fingerprint density at radius 3 is 2.72 bits per heavy atom. The molecule has 0 N–H and O–H groups in total. The van der Waals surface area contributed by atoms with E-state index in [1.807, 2.05) is 41.1 Å². The summed E-state index contributed by atoms with van der Waals surface area (Å²) < 4.78 is 29.6. The predicted molar refractivity (Wildman–Crippen MR) is 87.6 cm³/mol. The molecule has 0 unspecified atom stereocenters. The van der Waals surface area contributed by atoms with Crippen molar-refractivity contribution in [2.24, 2.45) is 0 Å². The van der Waals surface area contributed by atoms with Gasteiger partial charge in [-0.05, 0) is 23.8 Å². The van der Waals surface area contributed by atoms with Crippen molar-refractivity contribution in [1.82, 2.24) is 14.5 Å². The average Bonchev–Trinajstić information content (AvgIpc) is 3.10. The Morgan fingerprint density at radius 1 is 1.12 bits per heavy atom. The van der Waals surface area contributed by atoms with Gasteiger partial charge in [-0.1, -0.05) is 30.3 Å². The van der Waals surface area contributed by atoms with Crippen molar-refractivity contribution >= 4 is 5.91 Å². The number of fused-ring (bicyclic) bond motifs is 1. The van der Waals surface area contributed by atoms with Crippen LogP contribution in [0.1, 0.15) is 27.8 Å². The van der Waals surface area contributed by atoms with Gasteiger partial charge in [-0.25, -0.2) is 13.8 Å². The van der Waals surface area contributed by atoms with Gasteiger partial charge in [0.15, 0.2) is 0 Å². The molecule has 4 rings (SSSR count). The minimum Gasteiger partial charge on any atom is -0.331 e. The van der Waals surface area contributed by atoms with E-state index in [4.69, 9.17) is 0 Å². The number of hydrogen-bond acceptors (Lipinski definition) is 2. The van der Waals surface area contributed by atoms with E-state index in [1.54, 1.807) is 11.1 Å². The smallest absolute Gasteiger partial charge is 0.257 e. The summed E-state index contributed by atoms with van der Waals surface area (Å²) in [6.07, 6.45) is 3.53. The van der Waals surface area contributed by atoms with Gasteiger partial charge >= 0.3 is 0 Å². The van der Waals surface area contributed by atoms with Crippen molar-refractivity contribution in [2.45, 2.75) is 19.1 Å². The third kappa shape index (κ3) is 2.80. The Morgan fingerprint density at radius 2 is 1.92 bits per heavy atom. The summed E-state index contributed by atoms with van der Waals surface area (Å²) >= 11 is 0. The lowest BCUT2D eigenvalue weighted by atomic mass is 10.0. The topological polar surface area (TPSA) is 38.1 Å². The monoisotopic (exact) mass is 339 g/mol. The lowest BCUT2D eigenvalue weighted by Gasteiger charge is -2.36. The van der Waals surface area contributed by atoms with Gasteiger partial charge in [0.1, 0.15) is 17.5 Å². The molecule has 0 radical (unpaired) electrons. The first kappa shape index (κ1) is 15.5. The van der Waals surface area contributed by atoms with Crippen molar-refractivity contribution in [3.05, 3.63) is 89.5 Å². The first-order valence-corrected chi connectivity index (χ1v) is 7.94. The summed E-state index contributed by atoms with van der Waals surface area (Å²) in [7, 11) is 0. The summed E-state index contributed by atoms with van der Waals surface area (Å²) in [5.41, 5.74) is 0.674. The average molecular weight is 339 g/mol. The van der Waals surface area contributed by atoms with Crippen LogP contribution in [0.15, 0.2) is 60.9 Å². The normalized spacial score (nSPS) is 16.6. The molecule has 0 bridgehead atoms. The number of benzene rings is 2. The van der Waals surface area contributed by atoms with Gasteiger partial charge < -0.3 is 9.47 Å². The fourth-order valence-corrected chi connectivity index (χ4v) is 3.20.